The Bertz CT molecular complexity index is 2480. The van der Waals surface area contributed by atoms with Crippen LogP contribution in [-0.2, 0) is 6.42 Å². The minimum atomic E-state index is 0.430. The number of benzene rings is 4. The van der Waals surface area contributed by atoms with Crippen LogP contribution in [0.25, 0.3) is 71.9 Å². The number of allylic oxidation sites excluding steroid dienone is 8. The van der Waals surface area contributed by atoms with Crippen molar-refractivity contribution in [3.8, 4) is 44.8 Å². The first-order valence-electron chi connectivity index (χ1n) is 17.7. The van der Waals surface area contributed by atoms with Crippen molar-refractivity contribution < 1.29 is 0 Å². The fourth-order valence-electron chi connectivity index (χ4n) is 10.1. The van der Waals surface area contributed by atoms with E-state index in [1.807, 2.05) is 24.5 Å². The van der Waals surface area contributed by atoms with Gasteiger partial charge in [-0.05, 0) is 135 Å². The average molecular weight is 615 g/mol. The summed E-state index contributed by atoms with van der Waals surface area (Å²) < 4.78 is 0. The van der Waals surface area contributed by atoms with Gasteiger partial charge in [0.1, 0.15) is 0 Å². The summed E-state index contributed by atoms with van der Waals surface area (Å²) in [6.07, 6.45) is 26.2. The van der Waals surface area contributed by atoms with E-state index < -0.39 is 0 Å². The van der Waals surface area contributed by atoms with Crippen LogP contribution in [0.2, 0.25) is 0 Å². The lowest BCUT2D eigenvalue weighted by molar-refractivity contribution is 0.454. The molecule has 0 fully saturated rings. The van der Waals surface area contributed by atoms with E-state index in [2.05, 4.69) is 103 Å². The molecule has 0 spiro atoms. The van der Waals surface area contributed by atoms with Crippen molar-refractivity contribution in [2.75, 3.05) is 0 Å². The van der Waals surface area contributed by atoms with Gasteiger partial charge in [-0.25, -0.2) is 0 Å². The van der Waals surface area contributed by atoms with E-state index in [1.165, 1.54) is 84.5 Å². The second kappa shape index (κ2) is 10.1. The van der Waals surface area contributed by atoms with Crippen molar-refractivity contribution in [1.82, 2.24) is 9.97 Å². The Morgan fingerprint density at radius 1 is 0.646 bits per heavy atom. The van der Waals surface area contributed by atoms with Crippen LogP contribution < -0.4 is 0 Å². The van der Waals surface area contributed by atoms with Crippen molar-refractivity contribution in [2.24, 2.45) is 5.92 Å². The minimum Gasteiger partial charge on any atom is -0.256 e. The number of nitrogens with zero attached hydrogens (tertiary/aromatic N) is 2. The number of aromatic nitrogens is 2. The van der Waals surface area contributed by atoms with Crippen molar-refractivity contribution in [3.05, 3.63) is 150 Å². The molecule has 0 radical (unpaired) electrons. The summed E-state index contributed by atoms with van der Waals surface area (Å²) in [6, 6.07) is 27.1. The number of hydrogen-bond acceptors (Lipinski definition) is 2. The van der Waals surface area contributed by atoms with Crippen molar-refractivity contribution in [2.45, 2.75) is 43.9 Å². The minimum absolute atomic E-state index is 0.430. The molecule has 2 unspecified atom stereocenters. The molecule has 2 heteroatoms. The number of hydrogen-bond donors (Lipinski definition) is 0. The Morgan fingerprint density at radius 3 is 2.25 bits per heavy atom. The van der Waals surface area contributed by atoms with Crippen LogP contribution in [0, 0.1) is 5.92 Å². The Hall–Kier alpha value is -5.34. The Balaban J connectivity index is 1.35. The predicted molar refractivity (Wildman–Crippen MR) is 199 cm³/mol. The molecule has 228 valence electrons. The third-order valence-corrected chi connectivity index (χ3v) is 11.8. The van der Waals surface area contributed by atoms with E-state index in [9.17, 15) is 0 Å². The molecule has 0 N–H and O–H groups in total. The van der Waals surface area contributed by atoms with Crippen LogP contribution in [0.5, 0.6) is 0 Å². The number of pyridine rings is 2. The summed E-state index contributed by atoms with van der Waals surface area (Å²) in [5.74, 6) is 1.54. The molecule has 4 aromatic carbocycles. The van der Waals surface area contributed by atoms with Crippen LogP contribution in [-0.4, -0.2) is 9.97 Å². The molecule has 0 aliphatic heterocycles. The average Bonchev–Trinajstić information content (AvgIpc) is 3.66. The monoisotopic (exact) mass is 614 g/mol. The van der Waals surface area contributed by atoms with E-state index in [0.29, 0.717) is 17.8 Å². The summed E-state index contributed by atoms with van der Waals surface area (Å²) >= 11 is 0. The molecule has 11 rings (SSSR count). The normalized spacial score (nSPS) is 21.0. The SMILES string of the molecule is C1=CC2C3CCCc4c3c(cc3c(-c5ccccn5)c5c(c(-c6ccccn6)c43)-c3cccc4c(C6=CCCC=C6)ccc-5c34)[C@@H]2C=C1. The molecule has 48 heavy (non-hydrogen) atoms. The van der Waals surface area contributed by atoms with Crippen molar-refractivity contribution >= 4 is 27.1 Å². The zero-order valence-corrected chi connectivity index (χ0v) is 26.8. The van der Waals surface area contributed by atoms with Gasteiger partial charge in [-0.3, -0.25) is 9.97 Å². The summed E-state index contributed by atoms with van der Waals surface area (Å²) in [7, 11) is 0. The van der Waals surface area contributed by atoms with E-state index in [-0.39, 0.29) is 0 Å². The van der Waals surface area contributed by atoms with Gasteiger partial charge in [-0.15, -0.1) is 0 Å². The maximum atomic E-state index is 5.12. The molecule has 5 aliphatic rings. The second-order valence-electron chi connectivity index (χ2n) is 14.1. The largest absolute Gasteiger partial charge is 0.256 e. The van der Waals surface area contributed by atoms with Crippen LogP contribution >= 0.6 is 0 Å². The number of aryl methyl sites for hydroxylation is 1. The van der Waals surface area contributed by atoms with Crippen LogP contribution in [0.4, 0.5) is 0 Å². The molecule has 0 saturated carbocycles. The molecule has 3 atom stereocenters. The molecule has 2 nitrogen and oxygen atoms in total. The highest BCUT2D eigenvalue weighted by molar-refractivity contribution is 6.28. The van der Waals surface area contributed by atoms with Gasteiger partial charge in [0.2, 0.25) is 0 Å². The molecule has 5 aliphatic carbocycles. The summed E-state index contributed by atoms with van der Waals surface area (Å²) in [5.41, 5.74) is 17.3. The maximum Gasteiger partial charge on any atom is 0.0714 e. The number of fused-ring (bicyclic) bond motifs is 8. The molecular weight excluding hydrogens is 581 g/mol. The standard InChI is InChI=1S/C46H34N2/c1-2-12-27(13-3-1)28-22-23-35-40-31(28)16-10-19-34(40)45-44(35)43(38-20-6-8-24-47-38)37-26-36-30-15-5-4-14-29(30)32-17-11-18-33(41(32)36)42(37)46(45)39-21-7-9-25-48-39/h2,4-10,12-16,19-26,29-30,32H,1,3,11,17-18H2/t29?,30-,32?/m1/s1. The van der Waals surface area contributed by atoms with Gasteiger partial charge >= 0.3 is 0 Å². The Labute approximate surface area is 280 Å². The van der Waals surface area contributed by atoms with Crippen molar-refractivity contribution in [1.29, 1.82) is 0 Å². The summed E-state index contributed by atoms with van der Waals surface area (Å²) in [5, 5.41) is 5.40. The fraction of sp³-hybridized carbons (Fsp3) is 0.174. The summed E-state index contributed by atoms with van der Waals surface area (Å²) in [6.45, 7) is 0. The molecule has 0 saturated heterocycles. The molecule has 6 aromatic rings. The van der Waals surface area contributed by atoms with E-state index >= 15 is 0 Å². The van der Waals surface area contributed by atoms with Gasteiger partial charge in [0.05, 0.1) is 11.4 Å². The topological polar surface area (TPSA) is 25.8 Å². The third-order valence-electron chi connectivity index (χ3n) is 11.8. The van der Waals surface area contributed by atoms with Gasteiger partial charge in [-0.2, -0.15) is 0 Å². The Kier molecular flexibility index (Phi) is 5.61. The smallest absolute Gasteiger partial charge is 0.0714 e. The highest BCUT2D eigenvalue weighted by Gasteiger charge is 2.43. The van der Waals surface area contributed by atoms with Crippen molar-refractivity contribution in [3.63, 3.8) is 0 Å². The van der Waals surface area contributed by atoms with Gasteiger partial charge < -0.3 is 0 Å². The number of rotatable bonds is 3. The predicted octanol–water partition coefficient (Wildman–Crippen LogP) is 11.8. The lowest BCUT2D eigenvalue weighted by Gasteiger charge is -2.29. The van der Waals surface area contributed by atoms with Gasteiger partial charge in [0, 0.05) is 40.6 Å². The first-order chi connectivity index (χ1) is 23.9. The van der Waals surface area contributed by atoms with E-state index in [1.54, 1.807) is 11.1 Å². The summed E-state index contributed by atoms with van der Waals surface area (Å²) in [4.78, 5) is 10.2. The van der Waals surface area contributed by atoms with Gasteiger partial charge in [0.25, 0.3) is 0 Å². The van der Waals surface area contributed by atoms with Crippen LogP contribution in [0.3, 0.4) is 0 Å². The zero-order chi connectivity index (χ0) is 31.3. The zero-order valence-electron chi connectivity index (χ0n) is 26.8. The van der Waals surface area contributed by atoms with E-state index in [0.717, 1.165) is 30.7 Å². The first-order valence-corrected chi connectivity index (χ1v) is 17.7. The lowest BCUT2D eigenvalue weighted by Crippen LogP contribution is -2.14. The molecular formula is C46H34N2. The quantitative estimate of drug-likeness (QED) is 0.198. The second-order valence-corrected chi connectivity index (χ2v) is 14.1. The maximum absolute atomic E-state index is 5.12. The van der Waals surface area contributed by atoms with Gasteiger partial charge in [-0.1, -0.05) is 85.0 Å². The lowest BCUT2D eigenvalue weighted by atomic mass is 9.75. The van der Waals surface area contributed by atoms with Crippen LogP contribution in [0.15, 0.2) is 128 Å². The van der Waals surface area contributed by atoms with Gasteiger partial charge in [0.15, 0.2) is 0 Å². The fourth-order valence-corrected chi connectivity index (χ4v) is 10.1. The molecule has 0 bridgehead atoms. The molecule has 2 aromatic heterocycles. The third kappa shape index (κ3) is 3.53. The van der Waals surface area contributed by atoms with Crippen LogP contribution in [0.1, 0.15) is 59.8 Å². The highest BCUT2D eigenvalue weighted by atomic mass is 14.7. The van der Waals surface area contributed by atoms with E-state index in [4.69, 9.17) is 9.97 Å². The highest BCUT2D eigenvalue weighted by Crippen LogP contribution is 2.62. The molecule has 0 amide bonds. The Morgan fingerprint density at radius 2 is 1.44 bits per heavy atom. The first kappa shape index (κ1) is 26.7. The molecule has 2 heterocycles.